The Balaban J connectivity index is 1.76. The van der Waals surface area contributed by atoms with Gasteiger partial charge in [0.05, 0.1) is 7.11 Å². The number of para-hydroxylation sites is 1. The molecular weight excluding hydrogens is 396 g/mol. The zero-order chi connectivity index (χ0) is 21.3. The first kappa shape index (κ1) is 21.9. The van der Waals surface area contributed by atoms with E-state index < -0.39 is 0 Å². The molecule has 1 heterocycles. The molecule has 3 aromatic rings. The molecule has 0 aliphatic heterocycles. The Morgan fingerprint density at radius 1 is 1.17 bits per heavy atom. The number of carbonyl (C=O) groups is 1. The molecule has 1 unspecified atom stereocenters. The van der Waals surface area contributed by atoms with E-state index in [-0.39, 0.29) is 11.9 Å². The molecule has 30 heavy (non-hydrogen) atoms. The smallest absolute Gasteiger partial charge is 0.220 e. The fourth-order valence-corrected chi connectivity index (χ4v) is 3.86. The molecule has 7 heteroatoms. The Bertz CT molecular complexity index is 959. The van der Waals surface area contributed by atoms with Crippen LogP contribution in [0.25, 0.3) is 17.1 Å². The van der Waals surface area contributed by atoms with Crippen LogP contribution in [0.2, 0.25) is 0 Å². The van der Waals surface area contributed by atoms with Gasteiger partial charge in [0.15, 0.2) is 11.0 Å². The highest BCUT2D eigenvalue weighted by atomic mass is 32.2. The molecule has 0 radical (unpaired) electrons. The quantitative estimate of drug-likeness (QED) is 0.376. The predicted molar refractivity (Wildman–Crippen MR) is 121 cm³/mol. The summed E-state index contributed by atoms with van der Waals surface area (Å²) in [5.41, 5.74) is 1.93. The van der Waals surface area contributed by atoms with E-state index in [9.17, 15) is 4.79 Å². The Labute approximate surface area is 182 Å². The Morgan fingerprint density at radius 3 is 2.70 bits per heavy atom. The van der Waals surface area contributed by atoms with Gasteiger partial charge in [0.25, 0.3) is 0 Å². The number of aromatic nitrogens is 3. The molecule has 0 bridgehead atoms. The monoisotopic (exact) mass is 424 g/mol. The normalized spacial score (nSPS) is 11.8. The van der Waals surface area contributed by atoms with Crippen molar-refractivity contribution in [3.63, 3.8) is 0 Å². The maximum Gasteiger partial charge on any atom is 0.220 e. The molecule has 1 atom stereocenters. The lowest BCUT2D eigenvalue weighted by molar-refractivity contribution is -0.121. The van der Waals surface area contributed by atoms with Crippen molar-refractivity contribution in [2.24, 2.45) is 0 Å². The van der Waals surface area contributed by atoms with Gasteiger partial charge in [-0.2, -0.15) is 0 Å². The number of ether oxygens (including phenoxy) is 1. The van der Waals surface area contributed by atoms with Crippen molar-refractivity contribution in [3.8, 4) is 22.8 Å². The van der Waals surface area contributed by atoms with Crippen LogP contribution in [0.4, 0.5) is 0 Å². The number of rotatable bonds is 10. The van der Waals surface area contributed by atoms with E-state index in [1.165, 1.54) is 0 Å². The highest BCUT2D eigenvalue weighted by molar-refractivity contribution is 7.99. The van der Waals surface area contributed by atoms with Crippen LogP contribution >= 0.6 is 11.8 Å². The highest BCUT2D eigenvalue weighted by Crippen LogP contribution is 2.30. The number of hydrogen-bond acceptors (Lipinski definition) is 5. The topological polar surface area (TPSA) is 69.0 Å². The second-order valence-electron chi connectivity index (χ2n) is 7.04. The molecule has 0 aliphatic carbocycles. The van der Waals surface area contributed by atoms with Gasteiger partial charge in [-0.3, -0.25) is 9.36 Å². The summed E-state index contributed by atoms with van der Waals surface area (Å²) in [6.07, 6.45) is 2.23. The minimum Gasteiger partial charge on any atom is -0.497 e. The molecule has 0 saturated carbocycles. The summed E-state index contributed by atoms with van der Waals surface area (Å²) in [6.45, 7) is 4.09. The van der Waals surface area contributed by atoms with E-state index in [1.807, 2.05) is 61.5 Å². The van der Waals surface area contributed by atoms with Crippen LogP contribution < -0.4 is 10.1 Å². The molecule has 0 spiro atoms. The van der Waals surface area contributed by atoms with Crippen molar-refractivity contribution in [1.29, 1.82) is 0 Å². The van der Waals surface area contributed by atoms with E-state index in [1.54, 1.807) is 18.9 Å². The molecule has 0 aliphatic rings. The van der Waals surface area contributed by atoms with Crippen molar-refractivity contribution >= 4 is 17.7 Å². The van der Waals surface area contributed by atoms with Gasteiger partial charge in [0, 0.05) is 29.5 Å². The van der Waals surface area contributed by atoms with E-state index in [0.29, 0.717) is 6.42 Å². The first-order valence-corrected chi connectivity index (χ1v) is 11.2. The Kier molecular flexibility index (Phi) is 7.90. The summed E-state index contributed by atoms with van der Waals surface area (Å²) >= 11 is 1.61. The minimum absolute atomic E-state index is 0.103. The third-order valence-electron chi connectivity index (χ3n) is 4.77. The fourth-order valence-electron chi connectivity index (χ4n) is 2.97. The van der Waals surface area contributed by atoms with Gasteiger partial charge in [0.1, 0.15) is 5.75 Å². The van der Waals surface area contributed by atoms with Crippen LogP contribution in [0.1, 0.15) is 33.1 Å². The van der Waals surface area contributed by atoms with Crippen molar-refractivity contribution in [1.82, 2.24) is 20.1 Å². The molecule has 1 N–H and O–H groups in total. The number of thioether (sulfide) groups is 1. The standard InChI is InChI=1S/C23H28N4O2S/c1-4-17(2)24-21(28)14-9-15-30-23-26-25-22(18-10-8-13-20(16-18)29-3)27(23)19-11-6-5-7-12-19/h5-8,10-13,16-17H,4,9,14-15H2,1-3H3,(H,24,28). The SMILES string of the molecule is CCC(C)NC(=O)CCCSc1nnc(-c2cccc(OC)c2)n1-c1ccccc1. The molecular formula is C23H28N4O2S. The number of carbonyl (C=O) groups excluding carboxylic acids is 1. The molecule has 1 aromatic heterocycles. The number of amides is 1. The average molecular weight is 425 g/mol. The van der Waals surface area contributed by atoms with Crippen molar-refractivity contribution in [2.45, 2.75) is 44.3 Å². The molecule has 1 amide bonds. The summed E-state index contributed by atoms with van der Waals surface area (Å²) in [4.78, 5) is 12.0. The van der Waals surface area contributed by atoms with Gasteiger partial charge in [-0.1, -0.05) is 49.0 Å². The molecule has 0 saturated heterocycles. The third-order valence-corrected chi connectivity index (χ3v) is 5.79. The van der Waals surface area contributed by atoms with Crippen LogP contribution in [0.3, 0.4) is 0 Å². The summed E-state index contributed by atoms with van der Waals surface area (Å²) in [7, 11) is 1.65. The molecule has 158 valence electrons. The van der Waals surface area contributed by atoms with Gasteiger partial charge in [-0.25, -0.2) is 0 Å². The average Bonchev–Trinajstić information content (AvgIpc) is 3.21. The maximum absolute atomic E-state index is 12.0. The number of nitrogens with zero attached hydrogens (tertiary/aromatic N) is 3. The van der Waals surface area contributed by atoms with E-state index in [0.717, 1.165) is 46.6 Å². The van der Waals surface area contributed by atoms with Crippen LogP contribution in [0.5, 0.6) is 5.75 Å². The lowest BCUT2D eigenvalue weighted by atomic mass is 10.2. The number of methoxy groups -OCH3 is 1. The van der Waals surface area contributed by atoms with Gasteiger partial charge in [-0.15, -0.1) is 10.2 Å². The van der Waals surface area contributed by atoms with Crippen LogP contribution in [-0.2, 0) is 4.79 Å². The Morgan fingerprint density at radius 2 is 1.97 bits per heavy atom. The van der Waals surface area contributed by atoms with Crippen molar-refractivity contribution in [2.75, 3.05) is 12.9 Å². The first-order valence-electron chi connectivity index (χ1n) is 10.2. The second kappa shape index (κ2) is 10.8. The lowest BCUT2D eigenvalue weighted by Gasteiger charge is -2.12. The van der Waals surface area contributed by atoms with Crippen molar-refractivity contribution in [3.05, 3.63) is 54.6 Å². The van der Waals surface area contributed by atoms with Gasteiger partial charge < -0.3 is 10.1 Å². The van der Waals surface area contributed by atoms with Crippen molar-refractivity contribution < 1.29 is 9.53 Å². The maximum atomic E-state index is 12.0. The number of hydrogen-bond donors (Lipinski definition) is 1. The molecule has 2 aromatic carbocycles. The molecule has 3 rings (SSSR count). The minimum atomic E-state index is 0.103. The first-order chi connectivity index (χ1) is 14.6. The van der Waals surface area contributed by atoms with E-state index in [2.05, 4.69) is 27.0 Å². The summed E-state index contributed by atoms with van der Waals surface area (Å²) in [5.74, 6) is 2.43. The van der Waals surface area contributed by atoms with Gasteiger partial charge in [-0.05, 0) is 44.0 Å². The summed E-state index contributed by atoms with van der Waals surface area (Å²) in [5, 5.41) is 12.7. The lowest BCUT2D eigenvalue weighted by Crippen LogP contribution is -2.31. The second-order valence-corrected chi connectivity index (χ2v) is 8.10. The summed E-state index contributed by atoms with van der Waals surface area (Å²) in [6, 6.07) is 18.1. The fraction of sp³-hybridized carbons (Fsp3) is 0.348. The van der Waals surface area contributed by atoms with E-state index >= 15 is 0 Å². The summed E-state index contributed by atoms with van der Waals surface area (Å²) < 4.78 is 7.42. The number of benzene rings is 2. The third kappa shape index (κ3) is 5.63. The Hall–Kier alpha value is -2.80. The largest absolute Gasteiger partial charge is 0.497 e. The highest BCUT2D eigenvalue weighted by Gasteiger charge is 2.16. The van der Waals surface area contributed by atoms with Gasteiger partial charge in [0.2, 0.25) is 5.91 Å². The van der Waals surface area contributed by atoms with Crippen LogP contribution in [0.15, 0.2) is 59.8 Å². The zero-order valence-corrected chi connectivity index (χ0v) is 18.5. The molecule has 6 nitrogen and oxygen atoms in total. The molecule has 0 fully saturated rings. The predicted octanol–water partition coefficient (Wildman–Crippen LogP) is 4.73. The zero-order valence-electron chi connectivity index (χ0n) is 17.7. The van der Waals surface area contributed by atoms with Crippen LogP contribution in [0, 0.1) is 0 Å². The van der Waals surface area contributed by atoms with E-state index in [4.69, 9.17) is 4.74 Å². The van der Waals surface area contributed by atoms with Gasteiger partial charge >= 0.3 is 0 Å². The number of nitrogens with one attached hydrogen (secondary N) is 1. The van der Waals surface area contributed by atoms with Crippen LogP contribution in [-0.4, -0.2) is 39.6 Å².